The first-order valence-electron chi connectivity index (χ1n) is 7.49. The van der Waals surface area contributed by atoms with Gasteiger partial charge < -0.3 is 15.2 Å². The number of nitrogens with one attached hydrogen (secondary N) is 1. The van der Waals surface area contributed by atoms with Crippen LogP contribution in [0.5, 0.6) is 5.75 Å². The summed E-state index contributed by atoms with van der Waals surface area (Å²) in [5.41, 5.74) is 1.70. The fraction of sp³-hybridized carbons (Fsp3) is 0.647. The van der Waals surface area contributed by atoms with Gasteiger partial charge in [0.25, 0.3) is 0 Å². The van der Waals surface area contributed by atoms with Crippen molar-refractivity contribution in [1.29, 1.82) is 0 Å². The van der Waals surface area contributed by atoms with Crippen LogP contribution >= 0.6 is 0 Å². The molecule has 0 radical (unpaired) electrons. The lowest BCUT2D eigenvalue weighted by atomic mass is 9.74. The van der Waals surface area contributed by atoms with Crippen LogP contribution in [0.4, 0.5) is 0 Å². The summed E-state index contributed by atoms with van der Waals surface area (Å²) in [6.45, 7) is 9.34. The zero-order chi connectivity index (χ0) is 14.6. The summed E-state index contributed by atoms with van der Waals surface area (Å²) < 4.78 is 5.55. The first-order valence-corrected chi connectivity index (χ1v) is 7.49. The van der Waals surface area contributed by atoms with Crippen LogP contribution in [0, 0.1) is 5.41 Å². The molecule has 1 fully saturated rings. The van der Waals surface area contributed by atoms with Crippen molar-refractivity contribution in [3.8, 4) is 5.75 Å². The van der Waals surface area contributed by atoms with Gasteiger partial charge in [0, 0.05) is 25.3 Å². The van der Waals surface area contributed by atoms with Crippen molar-refractivity contribution < 1.29 is 9.84 Å². The molecule has 1 heterocycles. The lowest BCUT2D eigenvalue weighted by Crippen LogP contribution is -2.47. The molecule has 3 nitrogen and oxygen atoms in total. The standard InChI is InChI=1S/C17H27NO2/c1-16(2,3)18-13-17(8-10-20-11-9-17)12-14-4-6-15(19)7-5-14/h4-7,18-19H,8-13H2,1-3H3. The summed E-state index contributed by atoms with van der Waals surface area (Å²) in [5, 5.41) is 13.1. The minimum Gasteiger partial charge on any atom is -0.508 e. The van der Waals surface area contributed by atoms with Gasteiger partial charge in [0.1, 0.15) is 5.75 Å². The van der Waals surface area contributed by atoms with Gasteiger partial charge in [0.15, 0.2) is 0 Å². The van der Waals surface area contributed by atoms with E-state index in [1.807, 2.05) is 12.1 Å². The van der Waals surface area contributed by atoms with Gasteiger partial charge in [-0.25, -0.2) is 0 Å². The van der Waals surface area contributed by atoms with Crippen molar-refractivity contribution in [3.05, 3.63) is 29.8 Å². The Balaban J connectivity index is 2.08. The molecule has 1 aromatic rings. The van der Waals surface area contributed by atoms with Crippen LogP contribution in [0.3, 0.4) is 0 Å². The third-order valence-corrected chi connectivity index (χ3v) is 4.06. The number of benzene rings is 1. The minimum atomic E-state index is 0.139. The maximum atomic E-state index is 9.40. The average molecular weight is 277 g/mol. The molecule has 112 valence electrons. The smallest absolute Gasteiger partial charge is 0.115 e. The second-order valence-corrected chi connectivity index (χ2v) is 7.06. The van der Waals surface area contributed by atoms with Crippen molar-refractivity contribution in [2.45, 2.75) is 45.6 Å². The topological polar surface area (TPSA) is 41.5 Å². The summed E-state index contributed by atoms with van der Waals surface area (Å²) in [6.07, 6.45) is 3.23. The van der Waals surface area contributed by atoms with Gasteiger partial charge >= 0.3 is 0 Å². The molecule has 20 heavy (non-hydrogen) atoms. The Kier molecular flexibility index (Phi) is 4.71. The van der Waals surface area contributed by atoms with Crippen molar-refractivity contribution >= 4 is 0 Å². The third kappa shape index (κ3) is 4.50. The summed E-state index contributed by atoms with van der Waals surface area (Å²) in [7, 11) is 0. The Morgan fingerprint density at radius 2 is 1.75 bits per heavy atom. The molecule has 1 saturated heterocycles. The monoisotopic (exact) mass is 277 g/mol. The van der Waals surface area contributed by atoms with Crippen LogP contribution < -0.4 is 5.32 Å². The molecule has 3 heteroatoms. The predicted octanol–water partition coefficient (Wildman–Crippen LogP) is 3.12. The summed E-state index contributed by atoms with van der Waals surface area (Å²) >= 11 is 0. The molecule has 0 atom stereocenters. The van der Waals surface area contributed by atoms with Crippen molar-refractivity contribution in [2.24, 2.45) is 5.41 Å². The molecule has 0 aliphatic carbocycles. The Morgan fingerprint density at radius 3 is 2.30 bits per heavy atom. The van der Waals surface area contributed by atoms with Crippen molar-refractivity contribution in [1.82, 2.24) is 5.32 Å². The quantitative estimate of drug-likeness (QED) is 0.888. The van der Waals surface area contributed by atoms with E-state index in [-0.39, 0.29) is 11.0 Å². The van der Waals surface area contributed by atoms with Crippen LogP contribution in [0.15, 0.2) is 24.3 Å². The molecule has 1 aromatic carbocycles. The molecule has 0 bridgehead atoms. The van der Waals surface area contributed by atoms with E-state index in [2.05, 4.69) is 26.1 Å². The molecule has 0 unspecified atom stereocenters. The van der Waals surface area contributed by atoms with Crippen LogP contribution in [0.2, 0.25) is 0 Å². The number of ether oxygens (including phenoxy) is 1. The molecule has 0 aromatic heterocycles. The molecule has 0 saturated carbocycles. The summed E-state index contributed by atoms with van der Waals surface area (Å²) in [4.78, 5) is 0. The van der Waals surface area contributed by atoms with E-state index in [9.17, 15) is 5.11 Å². The third-order valence-electron chi connectivity index (χ3n) is 4.06. The van der Waals surface area contributed by atoms with Crippen molar-refractivity contribution in [2.75, 3.05) is 19.8 Å². The highest BCUT2D eigenvalue weighted by Crippen LogP contribution is 2.34. The zero-order valence-electron chi connectivity index (χ0n) is 12.9. The molecule has 1 aliphatic rings. The highest BCUT2D eigenvalue weighted by atomic mass is 16.5. The first kappa shape index (κ1) is 15.3. The lowest BCUT2D eigenvalue weighted by Gasteiger charge is -2.40. The van der Waals surface area contributed by atoms with Crippen LogP contribution in [0.25, 0.3) is 0 Å². The second-order valence-electron chi connectivity index (χ2n) is 7.06. The van der Waals surface area contributed by atoms with E-state index < -0.39 is 0 Å². The molecule has 1 aliphatic heterocycles. The lowest BCUT2D eigenvalue weighted by molar-refractivity contribution is 0.0121. The van der Waals surface area contributed by atoms with Gasteiger partial charge in [-0.2, -0.15) is 0 Å². The highest BCUT2D eigenvalue weighted by molar-refractivity contribution is 5.26. The Morgan fingerprint density at radius 1 is 1.15 bits per heavy atom. The van der Waals surface area contributed by atoms with Crippen molar-refractivity contribution in [3.63, 3.8) is 0 Å². The van der Waals surface area contributed by atoms with Gasteiger partial charge in [0.2, 0.25) is 0 Å². The largest absolute Gasteiger partial charge is 0.508 e. The van der Waals surface area contributed by atoms with Gasteiger partial charge in [-0.05, 0) is 63.1 Å². The van der Waals surface area contributed by atoms with Gasteiger partial charge in [0.05, 0.1) is 0 Å². The number of hydrogen-bond acceptors (Lipinski definition) is 3. The Labute approximate surface area is 122 Å². The van der Waals surface area contributed by atoms with E-state index in [0.717, 1.165) is 39.0 Å². The Hall–Kier alpha value is -1.06. The van der Waals surface area contributed by atoms with Crippen LogP contribution in [-0.4, -0.2) is 30.4 Å². The minimum absolute atomic E-state index is 0.139. The maximum Gasteiger partial charge on any atom is 0.115 e. The molecule has 0 spiro atoms. The Bertz CT molecular complexity index is 414. The summed E-state index contributed by atoms with van der Waals surface area (Å²) in [6, 6.07) is 7.62. The van der Waals surface area contributed by atoms with Gasteiger partial charge in [-0.15, -0.1) is 0 Å². The second kappa shape index (κ2) is 6.15. The highest BCUT2D eigenvalue weighted by Gasteiger charge is 2.33. The van der Waals surface area contributed by atoms with E-state index in [1.165, 1.54) is 5.56 Å². The van der Waals surface area contributed by atoms with Crippen LogP contribution in [-0.2, 0) is 11.2 Å². The van der Waals surface area contributed by atoms with Gasteiger partial charge in [-0.3, -0.25) is 0 Å². The van der Waals surface area contributed by atoms with Crippen LogP contribution in [0.1, 0.15) is 39.2 Å². The summed E-state index contributed by atoms with van der Waals surface area (Å²) in [5.74, 6) is 0.336. The molecular weight excluding hydrogens is 250 g/mol. The van der Waals surface area contributed by atoms with E-state index in [0.29, 0.717) is 5.75 Å². The number of aromatic hydroxyl groups is 1. The predicted molar refractivity (Wildman–Crippen MR) is 82.1 cm³/mol. The fourth-order valence-electron chi connectivity index (χ4n) is 2.72. The number of hydrogen-bond donors (Lipinski definition) is 2. The molecular formula is C17H27NO2. The number of phenols is 1. The molecule has 2 N–H and O–H groups in total. The normalized spacial score (nSPS) is 18.9. The maximum absolute atomic E-state index is 9.40. The van der Waals surface area contributed by atoms with Gasteiger partial charge in [-0.1, -0.05) is 12.1 Å². The molecule has 2 rings (SSSR count). The van der Waals surface area contributed by atoms with E-state index in [1.54, 1.807) is 12.1 Å². The number of rotatable bonds is 4. The first-order chi connectivity index (χ1) is 9.39. The SMILES string of the molecule is CC(C)(C)NCC1(Cc2ccc(O)cc2)CCOCC1. The number of phenolic OH excluding ortho intramolecular Hbond substituents is 1. The van der Waals surface area contributed by atoms with E-state index >= 15 is 0 Å². The van der Waals surface area contributed by atoms with E-state index in [4.69, 9.17) is 4.74 Å². The zero-order valence-corrected chi connectivity index (χ0v) is 12.9. The fourth-order valence-corrected chi connectivity index (χ4v) is 2.72. The average Bonchev–Trinajstić information content (AvgIpc) is 2.40. The molecule has 0 amide bonds.